The first-order valence-electron chi connectivity index (χ1n) is 7.08. The van der Waals surface area contributed by atoms with Gasteiger partial charge in [0.25, 0.3) is 5.91 Å². The van der Waals surface area contributed by atoms with Crippen molar-refractivity contribution in [2.45, 2.75) is 6.92 Å². The Morgan fingerprint density at radius 2 is 2.08 bits per heavy atom. The lowest BCUT2D eigenvalue weighted by Crippen LogP contribution is -2.19. The minimum absolute atomic E-state index is 0.165. The minimum Gasteiger partial charge on any atom is -0.506 e. The second-order valence-electron chi connectivity index (χ2n) is 5.19. The Hall–Kier alpha value is -0.780. The molecule has 25 heavy (non-hydrogen) atoms. The zero-order valence-corrected chi connectivity index (χ0v) is 18.7. The molecule has 0 unspecified atom stereocenters. The average Bonchev–Trinajstić information content (AvgIpc) is 2.88. The first-order valence-corrected chi connectivity index (χ1v) is 10.4. The molecular weight excluding hydrogens is 586 g/mol. The highest BCUT2D eigenvalue weighted by Crippen LogP contribution is 2.34. The van der Waals surface area contributed by atoms with Crippen LogP contribution in [-0.4, -0.2) is 16.2 Å². The molecule has 0 bridgehead atoms. The van der Waals surface area contributed by atoms with E-state index in [1.807, 2.05) is 31.2 Å². The Labute approximate surface area is 181 Å². The quantitative estimate of drug-likeness (QED) is 0.358. The first-order chi connectivity index (χ1) is 11.8. The number of aromatic hydroxyl groups is 1. The number of thioether (sulfide) groups is 1. The average molecular weight is 597 g/mol. The maximum Gasteiger partial charge on any atom is 0.264 e. The molecule has 1 aliphatic rings. The van der Waals surface area contributed by atoms with Crippen molar-refractivity contribution in [1.82, 2.24) is 5.32 Å². The number of nitrogens with one attached hydrogen (secondary N) is 1. The second-order valence-corrected chi connectivity index (χ2v) is 9.04. The summed E-state index contributed by atoms with van der Waals surface area (Å²) >= 11 is 11.6. The van der Waals surface area contributed by atoms with E-state index in [-0.39, 0.29) is 11.7 Å². The molecule has 1 aliphatic heterocycles. The van der Waals surface area contributed by atoms with Gasteiger partial charge in [-0.1, -0.05) is 17.7 Å². The van der Waals surface area contributed by atoms with Crippen LogP contribution in [0.5, 0.6) is 5.75 Å². The minimum atomic E-state index is -0.239. The topological polar surface area (TPSA) is 61.7 Å². The highest BCUT2D eigenvalue weighted by atomic mass is 127. The molecule has 1 heterocycles. The zero-order valence-electron chi connectivity index (χ0n) is 12.8. The number of carbonyl (C=O) groups excluding carboxylic acids is 1. The highest BCUT2D eigenvalue weighted by Gasteiger charge is 2.24. The summed E-state index contributed by atoms with van der Waals surface area (Å²) in [6.07, 6.45) is 1.67. The fraction of sp³-hybridized carbons (Fsp3) is 0.0588. The van der Waals surface area contributed by atoms with E-state index in [9.17, 15) is 9.90 Å². The lowest BCUT2D eigenvalue weighted by atomic mass is 10.2. The standard InChI is InChI=1S/C17H11ClI2N2O2S/c1-8-11(18)3-2-4-13(8)21-17-22-16(24)14(25-17)6-9-5-10(19)7-12(20)15(9)23/h2-7,23H,1H3,(H,21,22,24)/b14-6+. The van der Waals surface area contributed by atoms with Gasteiger partial charge in [-0.2, -0.15) is 0 Å². The van der Waals surface area contributed by atoms with Gasteiger partial charge in [-0.15, -0.1) is 0 Å². The molecule has 0 radical (unpaired) electrons. The van der Waals surface area contributed by atoms with Crippen molar-refractivity contribution in [3.63, 3.8) is 0 Å². The molecule has 2 N–H and O–H groups in total. The molecule has 0 spiro atoms. The fourth-order valence-electron chi connectivity index (χ4n) is 2.14. The summed E-state index contributed by atoms with van der Waals surface area (Å²) in [6.45, 7) is 1.88. The number of phenols is 1. The van der Waals surface area contributed by atoms with Crippen molar-refractivity contribution in [3.05, 3.63) is 58.5 Å². The van der Waals surface area contributed by atoms with E-state index >= 15 is 0 Å². The summed E-state index contributed by atoms with van der Waals surface area (Å²) < 4.78 is 1.72. The summed E-state index contributed by atoms with van der Waals surface area (Å²) in [5.74, 6) is -0.0744. The van der Waals surface area contributed by atoms with Crippen LogP contribution in [0.25, 0.3) is 6.08 Å². The normalized spacial score (nSPS) is 17.4. The molecule has 8 heteroatoms. The van der Waals surface area contributed by atoms with Gasteiger partial charge >= 0.3 is 0 Å². The molecular formula is C17H11ClI2N2O2S. The number of carbonyl (C=O) groups is 1. The molecule has 1 saturated heterocycles. The van der Waals surface area contributed by atoms with Gasteiger partial charge in [-0.3, -0.25) is 4.79 Å². The number of phenolic OH excluding ortho intramolecular Hbond substituents is 1. The molecule has 4 nitrogen and oxygen atoms in total. The molecule has 1 fully saturated rings. The van der Waals surface area contributed by atoms with Crippen LogP contribution in [0.3, 0.4) is 0 Å². The van der Waals surface area contributed by atoms with Gasteiger partial charge in [-0.05, 0) is 99.8 Å². The van der Waals surface area contributed by atoms with Crippen molar-refractivity contribution in [1.29, 1.82) is 0 Å². The van der Waals surface area contributed by atoms with Gasteiger partial charge in [0.15, 0.2) is 5.17 Å². The van der Waals surface area contributed by atoms with E-state index in [1.165, 1.54) is 11.8 Å². The smallest absolute Gasteiger partial charge is 0.264 e. The van der Waals surface area contributed by atoms with E-state index < -0.39 is 0 Å². The zero-order chi connectivity index (χ0) is 18.1. The predicted molar refractivity (Wildman–Crippen MR) is 121 cm³/mol. The van der Waals surface area contributed by atoms with Crippen molar-refractivity contribution in [3.8, 4) is 5.75 Å². The molecule has 0 atom stereocenters. The van der Waals surface area contributed by atoms with E-state index in [2.05, 4.69) is 55.5 Å². The van der Waals surface area contributed by atoms with E-state index in [4.69, 9.17) is 11.6 Å². The van der Waals surface area contributed by atoms with Crippen LogP contribution in [0.15, 0.2) is 40.2 Å². The van der Waals surface area contributed by atoms with Crippen molar-refractivity contribution in [2.24, 2.45) is 4.99 Å². The molecule has 2 aromatic carbocycles. The van der Waals surface area contributed by atoms with Crippen LogP contribution in [-0.2, 0) is 4.79 Å². The van der Waals surface area contributed by atoms with Crippen molar-refractivity contribution < 1.29 is 9.90 Å². The number of hydrogen-bond donors (Lipinski definition) is 2. The van der Waals surface area contributed by atoms with Crippen LogP contribution in [0.4, 0.5) is 5.69 Å². The fourth-order valence-corrected chi connectivity index (χ4v) is 5.03. The number of aliphatic imine (C=N–C) groups is 1. The second kappa shape index (κ2) is 7.85. The van der Waals surface area contributed by atoms with Gasteiger partial charge < -0.3 is 10.4 Å². The summed E-state index contributed by atoms with van der Waals surface area (Å²) in [5.41, 5.74) is 2.17. The summed E-state index contributed by atoms with van der Waals surface area (Å²) in [4.78, 5) is 17.2. The maximum atomic E-state index is 12.2. The summed E-state index contributed by atoms with van der Waals surface area (Å²) in [6, 6.07) is 9.16. The Morgan fingerprint density at radius 3 is 2.84 bits per heavy atom. The third-order valence-corrected chi connectivity index (χ3v) is 6.22. The summed E-state index contributed by atoms with van der Waals surface area (Å²) in [5, 5.41) is 14.1. The van der Waals surface area contributed by atoms with Gasteiger partial charge in [0.2, 0.25) is 0 Å². The Balaban J connectivity index is 1.93. The van der Waals surface area contributed by atoms with Crippen molar-refractivity contribution in [2.75, 3.05) is 0 Å². The van der Waals surface area contributed by atoms with Gasteiger partial charge in [0.1, 0.15) is 5.75 Å². The third kappa shape index (κ3) is 4.32. The number of benzene rings is 2. The van der Waals surface area contributed by atoms with E-state index in [0.717, 1.165) is 12.7 Å². The van der Waals surface area contributed by atoms with Crippen LogP contribution in [0.1, 0.15) is 11.1 Å². The lowest BCUT2D eigenvalue weighted by molar-refractivity contribution is -0.115. The Kier molecular flexibility index (Phi) is 5.96. The molecule has 0 saturated carbocycles. The van der Waals surface area contributed by atoms with Crippen LogP contribution >= 0.6 is 68.5 Å². The van der Waals surface area contributed by atoms with E-state index in [1.54, 1.807) is 12.1 Å². The molecule has 0 aliphatic carbocycles. The molecule has 128 valence electrons. The number of hydrogen-bond acceptors (Lipinski definition) is 4. The van der Waals surface area contributed by atoms with Gasteiger partial charge in [0.05, 0.1) is 14.2 Å². The first kappa shape index (κ1) is 19.0. The van der Waals surface area contributed by atoms with Crippen LogP contribution in [0.2, 0.25) is 5.02 Å². The van der Waals surface area contributed by atoms with Gasteiger partial charge in [0, 0.05) is 14.2 Å². The Bertz CT molecular complexity index is 944. The third-order valence-electron chi connectivity index (χ3n) is 3.46. The number of nitrogens with zero attached hydrogens (tertiary/aromatic N) is 1. The molecule has 2 aromatic rings. The predicted octanol–water partition coefficient (Wildman–Crippen LogP) is 5.45. The van der Waals surface area contributed by atoms with Crippen LogP contribution < -0.4 is 5.32 Å². The Morgan fingerprint density at radius 1 is 1.32 bits per heavy atom. The number of amides is 1. The molecule has 3 rings (SSSR count). The lowest BCUT2D eigenvalue weighted by Gasteiger charge is -2.04. The largest absolute Gasteiger partial charge is 0.506 e. The number of amidine groups is 1. The number of halogens is 3. The molecule has 1 amide bonds. The maximum absolute atomic E-state index is 12.2. The van der Waals surface area contributed by atoms with Crippen molar-refractivity contribution >= 4 is 91.4 Å². The number of rotatable bonds is 2. The molecule has 0 aromatic heterocycles. The monoisotopic (exact) mass is 596 g/mol. The van der Waals surface area contributed by atoms with Crippen LogP contribution in [0, 0.1) is 14.1 Å². The summed E-state index contributed by atoms with van der Waals surface area (Å²) in [7, 11) is 0. The SMILES string of the molecule is Cc1c(Cl)cccc1N=C1NC(=O)/C(=C\c2cc(I)cc(I)c2O)S1. The highest BCUT2D eigenvalue weighted by molar-refractivity contribution is 14.1. The van der Waals surface area contributed by atoms with E-state index in [0.29, 0.717) is 26.3 Å². The van der Waals surface area contributed by atoms with Gasteiger partial charge in [-0.25, -0.2) is 4.99 Å².